The van der Waals surface area contributed by atoms with Gasteiger partial charge >= 0.3 is 0 Å². The molecule has 0 aliphatic heterocycles. The van der Waals surface area contributed by atoms with Crippen molar-refractivity contribution in [2.75, 3.05) is 0 Å². The molecule has 0 unspecified atom stereocenters. The van der Waals surface area contributed by atoms with Gasteiger partial charge in [0.05, 0.1) is 6.54 Å². The summed E-state index contributed by atoms with van der Waals surface area (Å²) < 4.78 is 0. The van der Waals surface area contributed by atoms with Crippen molar-refractivity contribution < 1.29 is 9.59 Å². The number of carbonyl (C=O) groups excluding carboxylic acids is 2. The van der Waals surface area contributed by atoms with Gasteiger partial charge in [0, 0.05) is 16.1 Å². The highest BCUT2D eigenvalue weighted by molar-refractivity contribution is 6.32. The Kier molecular flexibility index (Phi) is 6.18. The van der Waals surface area contributed by atoms with Crippen molar-refractivity contribution in [3.05, 3.63) is 119 Å². The molecule has 0 aliphatic rings. The first kappa shape index (κ1) is 18.6. The molecule has 0 bridgehead atoms. The van der Waals surface area contributed by atoms with Crippen molar-refractivity contribution >= 4 is 29.4 Å². The number of hydrogen-bond acceptors (Lipinski definition) is 2. The number of rotatable bonds is 6. The van der Waals surface area contributed by atoms with Gasteiger partial charge in [-0.05, 0) is 41.5 Å². The van der Waals surface area contributed by atoms with Gasteiger partial charge in [-0.1, -0.05) is 72.3 Å². The molecule has 0 aromatic heterocycles. The molecule has 0 aliphatic carbocycles. The summed E-state index contributed by atoms with van der Waals surface area (Å²) >= 11 is 6.07. The summed E-state index contributed by atoms with van der Waals surface area (Å²) in [5.74, 6) is -0.387. The van der Waals surface area contributed by atoms with Gasteiger partial charge < -0.3 is 5.32 Å². The molecule has 0 fully saturated rings. The van der Waals surface area contributed by atoms with Crippen LogP contribution in [0.25, 0.3) is 6.08 Å². The third kappa shape index (κ3) is 5.16. The number of benzene rings is 3. The zero-order valence-corrected chi connectivity index (χ0v) is 15.2. The molecule has 3 nitrogen and oxygen atoms in total. The van der Waals surface area contributed by atoms with E-state index >= 15 is 0 Å². The van der Waals surface area contributed by atoms with Crippen LogP contribution >= 0.6 is 11.6 Å². The normalized spacial score (nSPS) is 10.7. The highest BCUT2D eigenvalue weighted by Gasteiger charge is 2.08. The van der Waals surface area contributed by atoms with Crippen molar-refractivity contribution in [3.8, 4) is 0 Å². The molecule has 3 rings (SSSR count). The van der Waals surface area contributed by atoms with E-state index in [9.17, 15) is 9.59 Å². The van der Waals surface area contributed by atoms with Crippen LogP contribution in [0.1, 0.15) is 31.8 Å². The fourth-order valence-electron chi connectivity index (χ4n) is 2.44. The maximum Gasteiger partial charge on any atom is 0.251 e. The Morgan fingerprint density at radius 2 is 1.41 bits per heavy atom. The number of carbonyl (C=O) groups is 2. The zero-order valence-electron chi connectivity index (χ0n) is 14.4. The van der Waals surface area contributed by atoms with Crippen molar-refractivity contribution in [3.63, 3.8) is 0 Å². The summed E-state index contributed by atoms with van der Waals surface area (Å²) in [6.07, 6.45) is 3.15. The van der Waals surface area contributed by atoms with Crippen LogP contribution in [0.5, 0.6) is 0 Å². The molecule has 27 heavy (non-hydrogen) atoms. The SMILES string of the molecule is O=C(C=Cc1ccccc1Cl)c1ccc(C(=O)N[CH]c2ccccc2)cc1. The first-order valence-corrected chi connectivity index (χ1v) is 8.77. The quantitative estimate of drug-likeness (QED) is 0.477. The minimum atomic E-state index is -0.232. The van der Waals surface area contributed by atoms with E-state index in [0.717, 1.165) is 11.1 Å². The van der Waals surface area contributed by atoms with Crippen LogP contribution in [-0.2, 0) is 0 Å². The van der Waals surface area contributed by atoms with Crippen molar-refractivity contribution in [1.29, 1.82) is 0 Å². The molecule has 4 heteroatoms. The van der Waals surface area contributed by atoms with Crippen LogP contribution in [0.15, 0.2) is 84.9 Å². The Labute approximate surface area is 163 Å². The van der Waals surface area contributed by atoms with Crippen LogP contribution in [-0.4, -0.2) is 11.7 Å². The van der Waals surface area contributed by atoms with E-state index in [0.29, 0.717) is 16.1 Å². The van der Waals surface area contributed by atoms with Crippen molar-refractivity contribution in [2.24, 2.45) is 0 Å². The summed E-state index contributed by atoms with van der Waals surface area (Å²) in [5, 5.41) is 3.33. The van der Waals surface area contributed by atoms with Gasteiger partial charge in [0.25, 0.3) is 5.91 Å². The lowest BCUT2D eigenvalue weighted by Crippen LogP contribution is -2.21. The van der Waals surface area contributed by atoms with Crippen LogP contribution in [0.4, 0.5) is 0 Å². The summed E-state index contributed by atoms with van der Waals surface area (Å²) in [5.41, 5.74) is 2.66. The van der Waals surface area contributed by atoms with E-state index in [2.05, 4.69) is 5.32 Å². The van der Waals surface area contributed by atoms with Gasteiger partial charge in [-0.15, -0.1) is 0 Å². The largest absolute Gasteiger partial charge is 0.343 e. The Balaban J connectivity index is 1.61. The molecule has 0 heterocycles. The Morgan fingerprint density at radius 3 is 2.11 bits per heavy atom. The first-order valence-electron chi connectivity index (χ1n) is 8.39. The molecule has 0 atom stereocenters. The highest BCUT2D eigenvalue weighted by Crippen LogP contribution is 2.17. The van der Waals surface area contributed by atoms with E-state index in [-0.39, 0.29) is 11.7 Å². The van der Waals surface area contributed by atoms with Gasteiger partial charge in [-0.25, -0.2) is 0 Å². The van der Waals surface area contributed by atoms with Crippen LogP contribution in [0.3, 0.4) is 0 Å². The fraction of sp³-hybridized carbons (Fsp3) is 0. The summed E-state index contributed by atoms with van der Waals surface area (Å²) in [6.45, 7) is 1.65. The smallest absolute Gasteiger partial charge is 0.251 e. The molecule has 0 saturated heterocycles. The highest BCUT2D eigenvalue weighted by atomic mass is 35.5. The number of nitrogens with one attached hydrogen (secondary N) is 1. The number of hydrogen-bond donors (Lipinski definition) is 1. The molecule has 1 N–H and O–H groups in total. The average Bonchev–Trinajstić information content (AvgIpc) is 2.72. The van der Waals surface area contributed by atoms with E-state index < -0.39 is 0 Å². The van der Waals surface area contributed by atoms with E-state index in [4.69, 9.17) is 11.6 Å². The number of halogens is 1. The number of allylic oxidation sites excluding steroid dienone is 1. The van der Waals surface area contributed by atoms with Gasteiger partial charge in [0.15, 0.2) is 5.78 Å². The zero-order chi connectivity index (χ0) is 19.1. The predicted octanol–water partition coefficient (Wildman–Crippen LogP) is 5.18. The molecule has 3 aromatic rings. The standard InChI is InChI=1S/C23H17ClNO2/c24-21-9-5-4-8-18(21)14-15-22(26)19-10-12-20(13-11-19)23(27)25-16-17-6-2-1-3-7-17/h1-16H,(H,25,27). The lowest BCUT2D eigenvalue weighted by Gasteiger charge is -2.05. The van der Waals surface area contributed by atoms with Crippen LogP contribution in [0.2, 0.25) is 5.02 Å². The Morgan fingerprint density at radius 1 is 0.778 bits per heavy atom. The van der Waals surface area contributed by atoms with Crippen LogP contribution in [0, 0.1) is 6.54 Å². The molecule has 1 radical (unpaired) electrons. The molecular formula is C23H17ClNO2. The molecule has 3 aromatic carbocycles. The fourth-order valence-corrected chi connectivity index (χ4v) is 2.64. The molecule has 0 spiro atoms. The van der Waals surface area contributed by atoms with Crippen LogP contribution < -0.4 is 5.32 Å². The summed E-state index contributed by atoms with van der Waals surface area (Å²) in [6, 6.07) is 23.3. The van der Waals surface area contributed by atoms with Gasteiger partial charge in [-0.2, -0.15) is 0 Å². The lowest BCUT2D eigenvalue weighted by molar-refractivity contribution is 0.0963. The second-order valence-electron chi connectivity index (χ2n) is 5.82. The number of ketones is 1. The topological polar surface area (TPSA) is 46.2 Å². The molecule has 133 valence electrons. The van der Waals surface area contributed by atoms with Gasteiger partial charge in [0.2, 0.25) is 0 Å². The predicted molar refractivity (Wildman–Crippen MR) is 109 cm³/mol. The third-order valence-electron chi connectivity index (χ3n) is 3.92. The second-order valence-corrected chi connectivity index (χ2v) is 6.23. The van der Waals surface area contributed by atoms with E-state index in [1.165, 1.54) is 6.08 Å². The average molecular weight is 375 g/mol. The van der Waals surface area contributed by atoms with Crippen molar-refractivity contribution in [2.45, 2.75) is 0 Å². The maximum absolute atomic E-state index is 12.3. The Hall–Kier alpha value is -3.17. The monoisotopic (exact) mass is 374 g/mol. The second kappa shape index (κ2) is 8.97. The molecular weight excluding hydrogens is 358 g/mol. The lowest BCUT2D eigenvalue weighted by atomic mass is 10.1. The van der Waals surface area contributed by atoms with Crippen molar-refractivity contribution in [1.82, 2.24) is 5.32 Å². The molecule has 1 amide bonds. The van der Waals surface area contributed by atoms with Gasteiger partial charge in [-0.3, -0.25) is 9.59 Å². The third-order valence-corrected chi connectivity index (χ3v) is 4.26. The Bertz CT molecular complexity index is 963. The minimum Gasteiger partial charge on any atom is -0.343 e. The maximum atomic E-state index is 12.3. The van der Waals surface area contributed by atoms with E-state index in [1.807, 2.05) is 48.5 Å². The minimum absolute atomic E-state index is 0.155. The summed E-state index contributed by atoms with van der Waals surface area (Å²) in [4.78, 5) is 24.5. The van der Waals surface area contributed by atoms with E-state index in [1.54, 1.807) is 43.0 Å². The number of amides is 1. The molecule has 0 saturated carbocycles. The van der Waals surface area contributed by atoms with Gasteiger partial charge in [0.1, 0.15) is 0 Å². The summed E-state index contributed by atoms with van der Waals surface area (Å²) in [7, 11) is 0. The first-order chi connectivity index (χ1) is 13.1.